The highest BCUT2D eigenvalue weighted by Gasteiger charge is 2.31. The Morgan fingerprint density at radius 3 is 2.73 bits per heavy atom. The van der Waals surface area contributed by atoms with E-state index in [0.717, 1.165) is 5.56 Å². The second-order valence-electron chi connectivity index (χ2n) is 6.76. The van der Waals surface area contributed by atoms with Crippen molar-refractivity contribution in [3.63, 3.8) is 0 Å². The molecule has 2 N–H and O–H groups in total. The van der Waals surface area contributed by atoms with E-state index in [1.165, 1.54) is 0 Å². The number of ether oxygens (including phenoxy) is 1. The lowest BCUT2D eigenvalue weighted by Gasteiger charge is -2.38. The fraction of sp³-hybridized carbons (Fsp3) is 0.588. The molecule has 0 radical (unpaired) electrons. The van der Waals surface area contributed by atoms with Crippen LogP contribution < -0.4 is 5.32 Å². The Kier molecular flexibility index (Phi) is 5.42. The first-order chi connectivity index (χ1) is 10.4. The summed E-state index contributed by atoms with van der Waals surface area (Å²) in [5, 5.41) is 13.4. The van der Waals surface area contributed by atoms with Crippen molar-refractivity contribution in [3.8, 4) is 0 Å². The third-order valence-corrected chi connectivity index (χ3v) is 3.65. The average molecular weight is 306 g/mol. The van der Waals surface area contributed by atoms with E-state index >= 15 is 0 Å². The van der Waals surface area contributed by atoms with Crippen molar-refractivity contribution in [3.05, 3.63) is 35.9 Å². The van der Waals surface area contributed by atoms with Crippen molar-refractivity contribution in [2.24, 2.45) is 0 Å². The van der Waals surface area contributed by atoms with E-state index in [-0.39, 0.29) is 17.6 Å². The molecule has 0 saturated carbocycles. The van der Waals surface area contributed by atoms with Gasteiger partial charge in [-0.05, 0) is 26.3 Å². The van der Waals surface area contributed by atoms with Crippen molar-refractivity contribution in [2.45, 2.75) is 44.9 Å². The largest absolute Gasteiger partial charge is 0.388 e. The monoisotopic (exact) mass is 306 g/mol. The molecular weight excluding hydrogens is 280 g/mol. The highest BCUT2D eigenvalue weighted by molar-refractivity contribution is 5.75. The molecule has 22 heavy (non-hydrogen) atoms. The number of aliphatic hydroxyl groups excluding tert-OH is 1. The molecule has 0 bridgehead atoms. The quantitative estimate of drug-likeness (QED) is 0.901. The number of rotatable bonds is 3. The Labute approximate surface area is 132 Å². The van der Waals surface area contributed by atoms with Gasteiger partial charge in [0.1, 0.15) is 0 Å². The van der Waals surface area contributed by atoms with E-state index in [4.69, 9.17) is 4.74 Å². The maximum atomic E-state index is 12.4. The summed E-state index contributed by atoms with van der Waals surface area (Å²) in [6, 6.07) is 9.30. The third kappa shape index (κ3) is 4.71. The van der Waals surface area contributed by atoms with Gasteiger partial charge < -0.3 is 20.1 Å². The van der Waals surface area contributed by atoms with Crippen molar-refractivity contribution >= 4 is 6.03 Å². The molecule has 0 spiro atoms. The zero-order valence-electron chi connectivity index (χ0n) is 13.6. The molecule has 2 amide bonds. The number of nitrogens with one attached hydrogen (secondary N) is 1. The average Bonchev–Trinajstić information content (AvgIpc) is 2.47. The standard InChI is InChI=1S/C17H26N2O3/c1-17(2,3)18-16(21)19-9-10-22-12-14(19)11-15(20)13-7-5-4-6-8-13/h4-8,14-15,20H,9-12H2,1-3H3,(H,18,21)/t14-,15-/m1/s1. The van der Waals surface area contributed by atoms with Crippen LogP contribution in [0.3, 0.4) is 0 Å². The topological polar surface area (TPSA) is 61.8 Å². The van der Waals surface area contributed by atoms with Gasteiger partial charge in [0.05, 0.1) is 25.4 Å². The SMILES string of the molecule is CC(C)(C)NC(=O)N1CCOC[C@H]1C[C@@H](O)c1ccccc1. The van der Waals surface area contributed by atoms with E-state index in [1.54, 1.807) is 4.90 Å². The van der Waals surface area contributed by atoms with E-state index < -0.39 is 6.10 Å². The van der Waals surface area contributed by atoms with Gasteiger partial charge in [-0.1, -0.05) is 30.3 Å². The molecule has 1 aliphatic rings. The van der Waals surface area contributed by atoms with Gasteiger partial charge in [-0.15, -0.1) is 0 Å². The lowest BCUT2D eigenvalue weighted by molar-refractivity contribution is -0.00793. The van der Waals surface area contributed by atoms with Gasteiger partial charge in [-0.2, -0.15) is 0 Å². The fourth-order valence-corrected chi connectivity index (χ4v) is 2.58. The van der Waals surface area contributed by atoms with Gasteiger partial charge in [0.15, 0.2) is 0 Å². The maximum Gasteiger partial charge on any atom is 0.318 e. The van der Waals surface area contributed by atoms with Crippen LogP contribution in [0.2, 0.25) is 0 Å². The molecule has 0 aliphatic carbocycles. The highest BCUT2D eigenvalue weighted by atomic mass is 16.5. The molecule has 1 aromatic carbocycles. The Hall–Kier alpha value is -1.59. The molecule has 5 heteroatoms. The van der Waals surface area contributed by atoms with Crippen molar-refractivity contribution in [1.29, 1.82) is 0 Å². The van der Waals surface area contributed by atoms with E-state index in [0.29, 0.717) is 26.2 Å². The summed E-state index contributed by atoms with van der Waals surface area (Å²) in [5.74, 6) is 0. The van der Waals surface area contributed by atoms with E-state index in [1.807, 2.05) is 51.1 Å². The molecule has 1 saturated heterocycles. The van der Waals surface area contributed by atoms with Crippen LogP contribution in [0.1, 0.15) is 38.9 Å². The Morgan fingerprint density at radius 2 is 2.09 bits per heavy atom. The van der Waals surface area contributed by atoms with Gasteiger partial charge >= 0.3 is 6.03 Å². The van der Waals surface area contributed by atoms with Gasteiger partial charge in [-0.3, -0.25) is 0 Å². The second kappa shape index (κ2) is 7.11. The minimum atomic E-state index is -0.599. The van der Waals surface area contributed by atoms with Crippen molar-refractivity contribution in [2.75, 3.05) is 19.8 Å². The fourth-order valence-electron chi connectivity index (χ4n) is 2.58. The van der Waals surface area contributed by atoms with Crippen LogP contribution in [0.25, 0.3) is 0 Å². The predicted octanol–water partition coefficient (Wildman–Crippen LogP) is 2.32. The number of aliphatic hydroxyl groups is 1. The number of hydrogen-bond donors (Lipinski definition) is 2. The van der Waals surface area contributed by atoms with Gasteiger partial charge in [0.25, 0.3) is 0 Å². The van der Waals surface area contributed by atoms with Crippen LogP contribution in [-0.2, 0) is 4.74 Å². The lowest BCUT2D eigenvalue weighted by Crippen LogP contribution is -2.56. The van der Waals surface area contributed by atoms with Crippen molar-refractivity contribution < 1.29 is 14.6 Å². The number of carbonyl (C=O) groups is 1. The Morgan fingerprint density at radius 1 is 1.41 bits per heavy atom. The molecular formula is C17H26N2O3. The molecule has 1 heterocycles. The molecule has 5 nitrogen and oxygen atoms in total. The van der Waals surface area contributed by atoms with Crippen LogP contribution >= 0.6 is 0 Å². The molecule has 1 aromatic rings. The summed E-state index contributed by atoms with van der Waals surface area (Å²) < 4.78 is 5.50. The minimum absolute atomic E-state index is 0.0962. The number of urea groups is 1. The molecule has 1 fully saturated rings. The van der Waals surface area contributed by atoms with Crippen LogP contribution in [0.5, 0.6) is 0 Å². The van der Waals surface area contributed by atoms with E-state index in [9.17, 15) is 9.90 Å². The zero-order valence-corrected chi connectivity index (χ0v) is 13.6. The van der Waals surface area contributed by atoms with Crippen LogP contribution in [0.4, 0.5) is 4.79 Å². The van der Waals surface area contributed by atoms with Crippen LogP contribution in [-0.4, -0.2) is 47.4 Å². The predicted molar refractivity (Wildman–Crippen MR) is 85.6 cm³/mol. The van der Waals surface area contributed by atoms with Gasteiger partial charge in [-0.25, -0.2) is 4.79 Å². The first-order valence-corrected chi connectivity index (χ1v) is 7.76. The summed E-state index contributed by atoms with van der Waals surface area (Å²) >= 11 is 0. The van der Waals surface area contributed by atoms with Crippen molar-refractivity contribution in [1.82, 2.24) is 10.2 Å². The first kappa shape index (κ1) is 16.8. The number of amides is 2. The Bertz CT molecular complexity index is 484. The van der Waals surface area contributed by atoms with E-state index in [2.05, 4.69) is 5.32 Å². The maximum absolute atomic E-state index is 12.4. The number of hydrogen-bond acceptors (Lipinski definition) is 3. The number of benzene rings is 1. The molecule has 2 rings (SSSR count). The highest BCUT2D eigenvalue weighted by Crippen LogP contribution is 2.22. The first-order valence-electron chi connectivity index (χ1n) is 7.76. The molecule has 2 atom stereocenters. The summed E-state index contributed by atoms with van der Waals surface area (Å²) in [5.41, 5.74) is 0.585. The summed E-state index contributed by atoms with van der Waals surface area (Å²) in [6.45, 7) is 7.42. The smallest absolute Gasteiger partial charge is 0.318 e. The molecule has 122 valence electrons. The normalized spacial score (nSPS) is 20.5. The zero-order chi connectivity index (χ0) is 16.2. The minimum Gasteiger partial charge on any atom is -0.388 e. The number of nitrogens with zero attached hydrogens (tertiary/aromatic N) is 1. The summed E-state index contributed by atoms with van der Waals surface area (Å²) in [6.07, 6.45) is -0.125. The van der Waals surface area contributed by atoms with Gasteiger partial charge in [0.2, 0.25) is 0 Å². The van der Waals surface area contributed by atoms with Gasteiger partial charge in [0, 0.05) is 18.5 Å². The molecule has 0 aromatic heterocycles. The molecule has 0 unspecified atom stereocenters. The third-order valence-electron chi connectivity index (χ3n) is 3.65. The summed E-state index contributed by atoms with van der Waals surface area (Å²) in [4.78, 5) is 14.2. The summed E-state index contributed by atoms with van der Waals surface area (Å²) in [7, 11) is 0. The molecule has 1 aliphatic heterocycles. The van der Waals surface area contributed by atoms with Crippen LogP contribution in [0.15, 0.2) is 30.3 Å². The Balaban J connectivity index is 2.02. The second-order valence-corrected chi connectivity index (χ2v) is 6.76. The number of morpholine rings is 1. The number of carbonyl (C=O) groups excluding carboxylic acids is 1. The van der Waals surface area contributed by atoms with Crippen LogP contribution in [0, 0.1) is 0 Å². The lowest BCUT2D eigenvalue weighted by atomic mass is 10.0.